The number of piperazine rings is 1. The first-order valence-electron chi connectivity index (χ1n) is 8.48. The first-order valence-corrected chi connectivity index (χ1v) is 8.48. The molecule has 5 heteroatoms. The number of rotatable bonds is 3. The SMILES string of the molecule is CC(=O)N1C[C@H]2CCCCN2C[C@H]1C(=O)NCc1ccccc1. The van der Waals surface area contributed by atoms with Crippen molar-refractivity contribution in [2.24, 2.45) is 0 Å². The van der Waals surface area contributed by atoms with E-state index >= 15 is 0 Å². The summed E-state index contributed by atoms with van der Waals surface area (Å²) in [6.07, 6.45) is 3.54. The monoisotopic (exact) mass is 315 g/mol. The molecule has 2 amide bonds. The van der Waals surface area contributed by atoms with Crippen LogP contribution in [0.4, 0.5) is 0 Å². The van der Waals surface area contributed by atoms with Crippen molar-refractivity contribution < 1.29 is 9.59 Å². The highest BCUT2D eigenvalue weighted by atomic mass is 16.2. The first kappa shape index (κ1) is 16.0. The maximum absolute atomic E-state index is 12.6. The van der Waals surface area contributed by atoms with Gasteiger partial charge in [-0.3, -0.25) is 14.5 Å². The molecule has 0 unspecified atom stereocenters. The highest BCUT2D eigenvalue weighted by Gasteiger charge is 2.39. The lowest BCUT2D eigenvalue weighted by atomic mass is 9.96. The van der Waals surface area contributed by atoms with E-state index < -0.39 is 0 Å². The standard InChI is InChI=1S/C18H25N3O2/c1-14(22)21-12-16-9-5-6-10-20(16)13-17(21)18(23)19-11-15-7-3-2-4-8-15/h2-4,7-8,16-17H,5-6,9-13H2,1H3,(H,19,23)/t16-,17+/m1/s1. The zero-order valence-corrected chi connectivity index (χ0v) is 13.7. The minimum absolute atomic E-state index is 0.00455. The molecular weight excluding hydrogens is 290 g/mol. The second-order valence-corrected chi connectivity index (χ2v) is 6.54. The molecule has 3 rings (SSSR count). The van der Waals surface area contributed by atoms with E-state index in [1.54, 1.807) is 11.8 Å². The molecule has 0 spiro atoms. The Morgan fingerprint density at radius 3 is 2.70 bits per heavy atom. The number of fused-ring (bicyclic) bond motifs is 1. The fourth-order valence-electron chi connectivity index (χ4n) is 3.66. The van der Waals surface area contributed by atoms with Gasteiger partial charge in [-0.15, -0.1) is 0 Å². The summed E-state index contributed by atoms with van der Waals surface area (Å²) in [7, 11) is 0. The van der Waals surface area contributed by atoms with Crippen LogP contribution in [0.1, 0.15) is 31.7 Å². The number of hydrogen-bond acceptors (Lipinski definition) is 3. The second-order valence-electron chi connectivity index (χ2n) is 6.54. The van der Waals surface area contributed by atoms with Crippen molar-refractivity contribution >= 4 is 11.8 Å². The van der Waals surface area contributed by atoms with Crippen LogP contribution in [0.15, 0.2) is 30.3 Å². The average Bonchev–Trinajstić information content (AvgIpc) is 2.59. The average molecular weight is 315 g/mol. The summed E-state index contributed by atoms with van der Waals surface area (Å²) in [5, 5.41) is 2.99. The maximum atomic E-state index is 12.6. The van der Waals surface area contributed by atoms with Gasteiger partial charge < -0.3 is 10.2 Å². The van der Waals surface area contributed by atoms with Gasteiger partial charge in [0.05, 0.1) is 0 Å². The molecule has 0 saturated carbocycles. The smallest absolute Gasteiger partial charge is 0.244 e. The number of carbonyl (C=O) groups excluding carboxylic acids is 2. The number of benzene rings is 1. The van der Waals surface area contributed by atoms with Crippen LogP contribution in [0, 0.1) is 0 Å². The van der Waals surface area contributed by atoms with Crippen molar-refractivity contribution in [1.82, 2.24) is 15.1 Å². The molecule has 2 atom stereocenters. The van der Waals surface area contributed by atoms with E-state index in [0.717, 1.165) is 18.5 Å². The number of amides is 2. The third kappa shape index (κ3) is 3.72. The molecule has 23 heavy (non-hydrogen) atoms. The number of nitrogens with one attached hydrogen (secondary N) is 1. The molecule has 2 heterocycles. The Balaban J connectivity index is 1.65. The molecule has 1 aromatic carbocycles. The minimum Gasteiger partial charge on any atom is -0.350 e. The zero-order valence-electron chi connectivity index (χ0n) is 13.7. The maximum Gasteiger partial charge on any atom is 0.244 e. The third-order valence-corrected chi connectivity index (χ3v) is 4.96. The lowest BCUT2D eigenvalue weighted by Crippen LogP contribution is -2.64. The largest absolute Gasteiger partial charge is 0.350 e. The Hall–Kier alpha value is -1.88. The molecule has 5 nitrogen and oxygen atoms in total. The zero-order chi connectivity index (χ0) is 16.2. The van der Waals surface area contributed by atoms with E-state index in [1.165, 1.54) is 12.8 Å². The molecule has 1 aromatic rings. The lowest BCUT2D eigenvalue weighted by molar-refractivity contribution is -0.145. The van der Waals surface area contributed by atoms with E-state index in [1.807, 2.05) is 30.3 Å². The van der Waals surface area contributed by atoms with Gasteiger partial charge in [0.1, 0.15) is 6.04 Å². The fourth-order valence-corrected chi connectivity index (χ4v) is 3.66. The number of piperidine rings is 1. The summed E-state index contributed by atoms with van der Waals surface area (Å²) in [6.45, 7) is 4.45. The summed E-state index contributed by atoms with van der Waals surface area (Å²) in [4.78, 5) is 28.8. The summed E-state index contributed by atoms with van der Waals surface area (Å²) in [6, 6.07) is 9.91. The fraction of sp³-hybridized carbons (Fsp3) is 0.556. The van der Waals surface area contributed by atoms with Gasteiger partial charge in [0, 0.05) is 32.6 Å². The molecule has 0 radical (unpaired) electrons. The van der Waals surface area contributed by atoms with Crippen molar-refractivity contribution in [3.8, 4) is 0 Å². The Morgan fingerprint density at radius 2 is 1.96 bits per heavy atom. The first-order chi connectivity index (χ1) is 11.1. The van der Waals surface area contributed by atoms with Crippen LogP contribution in [0.3, 0.4) is 0 Å². The van der Waals surface area contributed by atoms with E-state index in [4.69, 9.17) is 0 Å². The van der Waals surface area contributed by atoms with Crippen molar-refractivity contribution in [3.05, 3.63) is 35.9 Å². The molecule has 2 saturated heterocycles. The van der Waals surface area contributed by atoms with Crippen molar-refractivity contribution in [3.63, 3.8) is 0 Å². The van der Waals surface area contributed by atoms with Gasteiger partial charge >= 0.3 is 0 Å². The third-order valence-electron chi connectivity index (χ3n) is 4.96. The number of carbonyl (C=O) groups is 2. The highest BCUT2D eigenvalue weighted by Crippen LogP contribution is 2.24. The quantitative estimate of drug-likeness (QED) is 0.917. The van der Waals surface area contributed by atoms with Crippen LogP contribution < -0.4 is 5.32 Å². The molecule has 124 valence electrons. The minimum atomic E-state index is -0.370. The topological polar surface area (TPSA) is 52.7 Å². The Bertz CT molecular complexity index is 561. The van der Waals surface area contributed by atoms with Gasteiger partial charge in [0.25, 0.3) is 0 Å². The van der Waals surface area contributed by atoms with Crippen LogP contribution in [0.25, 0.3) is 0 Å². The molecule has 2 fully saturated rings. The van der Waals surface area contributed by atoms with Gasteiger partial charge in [0.2, 0.25) is 11.8 Å². The second kappa shape index (κ2) is 7.13. The summed E-state index contributed by atoms with van der Waals surface area (Å²) in [5.74, 6) is -0.0526. The molecule has 0 aromatic heterocycles. The summed E-state index contributed by atoms with van der Waals surface area (Å²) < 4.78 is 0. The van der Waals surface area contributed by atoms with Crippen LogP contribution in [-0.4, -0.2) is 53.3 Å². The molecule has 2 aliphatic heterocycles. The van der Waals surface area contributed by atoms with E-state index in [9.17, 15) is 9.59 Å². The Kier molecular flexibility index (Phi) is 4.96. The van der Waals surface area contributed by atoms with E-state index in [0.29, 0.717) is 25.7 Å². The van der Waals surface area contributed by atoms with Gasteiger partial charge in [-0.2, -0.15) is 0 Å². The molecular formula is C18H25N3O2. The molecule has 0 bridgehead atoms. The van der Waals surface area contributed by atoms with Gasteiger partial charge in [-0.05, 0) is 24.9 Å². The van der Waals surface area contributed by atoms with Crippen LogP contribution in [0.2, 0.25) is 0 Å². The summed E-state index contributed by atoms with van der Waals surface area (Å²) >= 11 is 0. The van der Waals surface area contributed by atoms with E-state index in [2.05, 4.69) is 10.2 Å². The lowest BCUT2D eigenvalue weighted by Gasteiger charge is -2.47. The highest BCUT2D eigenvalue weighted by molar-refractivity contribution is 5.87. The van der Waals surface area contributed by atoms with Crippen molar-refractivity contribution in [2.75, 3.05) is 19.6 Å². The van der Waals surface area contributed by atoms with Crippen molar-refractivity contribution in [2.45, 2.75) is 44.8 Å². The molecule has 1 N–H and O–H groups in total. The van der Waals surface area contributed by atoms with Gasteiger partial charge in [-0.1, -0.05) is 36.8 Å². The number of hydrogen-bond donors (Lipinski definition) is 1. The Labute approximate surface area is 137 Å². The van der Waals surface area contributed by atoms with Crippen LogP contribution in [-0.2, 0) is 16.1 Å². The van der Waals surface area contributed by atoms with Crippen LogP contribution in [0.5, 0.6) is 0 Å². The molecule has 2 aliphatic rings. The predicted molar refractivity (Wildman–Crippen MR) is 88.7 cm³/mol. The van der Waals surface area contributed by atoms with E-state index in [-0.39, 0.29) is 17.9 Å². The molecule has 0 aliphatic carbocycles. The number of nitrogens with zero attached hydrogens (tertiary/aromatic N) is 2. The predicted octanol–water partition coefficient (Wildman–Crippen LogP) is 1.39. The van der Waals surface area contributed by atoms with Gasteiger partial charge in [-0.25, -0.2) is 0 Å². The van der Waals surface area contributed by atoms with Gasteiger partial charge in [0.15, 0.2) is 0 Å². The Morgan fingerprint density at radius 1 is 1.17 bits per heavy atom. The van der Waals surface area contributed by atoms with Crippen LogP contribution >= 0.6 is 0 Å². The normalized spacial score (nSPS) is 24.8. The van der Waals surface area contributed by atoms with Crippen molar-refractivity contribution in [1.29, 1.82) is 0 Å². The summed E-state index contributed by atoms with van der Waals surface area (Å²) in [5.41, 5.74) is 1.07.